The van der Waals surface area contributed by atoms with Crippen LogP contribution in [0.1, 0.15) is 30.6 Å². The van der Waals surface area contributed by atoms with Crippen molar-refractivity contribution in [2.75, 3.05) is 12.4 Å². The molecule has 1 aromatic carbocycles. The van der Waals surface area contributed by atoms with Gasteiger partial charge in [-0.05, 0) is 31.5 Å². The molecule has 0 aliphatic heterocycles. The predicted octanol–water partition coefficient (Wildman–Crippen LogP) is 2.91. The van der Waals surface area contributed by atoms with Crippen molar-refractivity contribution in [3.8, 4) is 0 Å². The van der Waals surface area contributed by atoms with Crippen molar-refractivity contribution < 1.29 is 14.3 Å². The molecular weight excluding hydrogens is 244 g/mol. The maximum atomic E-state index is 11.6. The van der Waals surface area contributed by atoms with Crippen LogP contribution in [0.3, 0.4) is 0 Å². The van der Waals surface area contributed by atoms with E-state index in [4.69, 9.17) is 0 Å². The Morgan fingerprint density at radius 1 is 1.37 bits per heavy atom. The summed E-state index contributed by atoms with van der Waals surface area (Å²) in [5, 5.41) is 5.25. The number of esters is 1. The Balaban J connectivity index is 2.67. The lowest BCUT2D eigenvalue weighted by molar-refractivity contribution is 0.0600. The van der Waals surface area contributed by atoms with Gasteiger partial charge in [0.25, 0.3) is 0 Å². The largest absolute Gasteiger partial charge is 0.465 e. The quantitative estimate of drug-likeness (QED) is 0.820. The molecule has 0 bridgehead atoms. The van der Waals surface area contributed by atoms with Gasteiger partial charge >= 0.3 is 12.0 Å². The van der Waals surface area contributed by atoms with Crippen LogP contribution in [-0.4, -0.2) is 19.1 Å². The third-order valence-electron chi connectivity index (χ3n) is 2.55. The van der Waals surface area contributed by atoms with Gasteiger partial charge in [-0.3, -0.25) is 0 Å². The monoisotopic (exact) mass is 262 g/mol. The minimum atomic E-state index is -0.439. The van der Waals surface area contributed by atoms with Crippen molar-refractivity contribution in [2.45, 2.75) is 20.3 Å². The zero-order valence-electron chi connectivity index (χ0n) is 11.3. The second-order valence-corrected chi connectivity index (χ2v) is 4.02. The van der Waals surface area contributed by atoms with E-state index in [1.807, 2.05) is 13.8 Å². The first kappa shape index (κ1) is 14.8. The van der Waals surface area contributed by atoms with Crippen LogP contribution >= 0.6 is 0 Å². The highest BCUT2D eigenvalue weighted by molar-refractivity contribution is 5.94. The van der Waals surface area contributed by atoms with Gasteiger partial charge in [0.1, 0.15) is 0 Å². The van der Waals surface area contributed by atoms with Crippen molar-refractivity contribution in [1.29, 1.82) is 0 Å². The molecule has 2 N–H and O–H groups in total. The average molecular weight is 262 g/mol. The Kier molecular flexibility index (Phi) is 5.60. The molecule has 5 heteroatoms. The summed E-state index contributed by atoms with van der Waals surface area (Å²) in [6.45, 7) is 3.93. The van der Waals surface area contributed by atoms with E-state index in [0.29, 0.717) is 11.3 Å². The van der Waals surface area contributed by atoms with Crippen molar-refractivity contribution in [3.63, 3.8) is 0 Å². The summed E-state index contributed by atoms with van der Waals surface area (Å²) in [6, 6.07) is 6.20. The highest BCUT2D eigenvalue weighted by Gasteiger charge is 2.06. The van der Waals surface area contributed by atoms with E-state index in [9.17, 15) is 9.59 Å². The van der Waals surface area contributed by atoms with Gasteiger partial charge in [-0.25, -0.2) is 9.59 Å². The topological polar surface area (TPSA) is 67.4 Å². The van der Waals surface area contributed by atoms with Crippen LogP contribution in [0.5, 0.6) is 0 Å². The van der Waals surface area contributed by atoms with E-state index < -0.39 is 5.97 Å². The van der Waals surface area contributed by atoms with Gasteiger partial charge < -0.3 is 15.4 Å². The number of hydrogen-bond donors (Lipinski definition) is 2. The molecule has 0 aliphatic carbocycles. The fraction of sp³-hybridized carbons (Fsp3) is 0.286. The van der Waals surface area contributed by atoms with Gasteiger partial charge in [0, 0.05) is 11.9 Å². The maximum Gasteiger partial charge on any atom is 0.337 e. The molecule has 0 saturated heterocycles. The molecule has 0 radical (unpaired) electrons. The van der Waals surface area contributed by atoms with Gasteiger partial charge in [0.15, 0.2) is 0 Å². The number of hydrogen-bond acceptors (Lipinski definition) is 3. The predicted molar refractivity (Wildman–Crippen MR) is 74.0 cm³/mol. The first-order chi connectivity index (χ1) is 9.06. The molecule has 0 heterocycles. The number of urea groups is 1. The zero-order valence-corrected chi connectivity index (χ0v) is 11.3. The molecule has 1 aromatic rings. The van der Waals surface area contributed by atoms with E-state index in [1.54, 1.807) is 30.5 Å². The van der Waals surface area contributed by atoms with Gasteiger partial charge in [-0.1, -0.05) is 18.6 Å². The summed E-state index contributed by atoms with van der Waals surface area (Å²) in [4.78, 5) is 22.9. The second-order valence-electron chi connectivity index (χ2n) is 4.02. The number of nitrogens with one attached hydrogen (secondary N) is 2. The van der Waals surface area contributed by atoms with E-state index in [1.165, 1.54) is 7.11 Å². The van der Waals surface area contributed by atoms with Crippen LogP contribution in [0, 0.1) is 0 Å². The summed E-state index contributed by atoms with van der Waals surface area (Å²) >= 11 is 0. The highest BCUT2D eigenvalue weighted by atomic mass is 16.5. The van der Waals surface area contributed by atoms with Crippen LogP contribution in [0.2, 0.25) is 0 Å². The first-order valence-corrected chi connectivity index (χ1v) is 5.98. The number of amides is 2. The number of ether oxygens (including phenoxy) is 1. The molecule has 102 valence electrons. The SMILES string of the molecule is CC/C(C)=C/NC(=O)Nc1cccc(C(=O)OC)c1. The Hall–Kier alpha value is -2.30. The molecule has 0 saturated carbocycles. The minimum Gasteiger partial charge on any atom is -0.465 e. The molecule has 5 nitrogen and oxygen atoms in total. The summed E-state index contributed by atoms with van der Waals surface area (Å²) in [5.41, 5.74) is 1.99. The fourth-order valence-corrected chi connectivity index (χ4v) is 1.30. The first-order valence-electron chi connectivity index (χ1n) is 5.98. The Morgan fingerprint density at radius 3 is 2.74 bits per heavy atom. The standard InChI is InChI=1S/C14H18N2O3/c1-4-10(2)9-15-14(18)16-12-7-5-6-11(8-12)13(17)19-3/h5-9H,4H2,1-3H3,(H2,15,16,18)/b10-9+. The lowest BCUT2D eigenvalue weighted by atomic mass is 10.2. The summed E-state index contributed by atoms with van der Waals surface area (Å²) in [6.07, 6.45) is 2.53. The van der Waals surface area contributed by atoms with E-state index in [-0.39, 0.29) is 6.03 Å². The third-order valence-corrected chi connectivity index (χ3v) is 2.55. The number of methoxy groups -OCH3 is 1. The van der Waals surface area contributed by atoms with Crippen LogP contribution < -0.4 is 10.6 Å². The molecule has 0 atom stereocenters. The van der Waals surface area contributed by atoms with E-state index in [2.05, 4.69) is 15.4 Å². The van der Waals surface area contributed by atoms with Crippen molar-refractivity contribution in [3.05, 3.63) is 41.6 Å². The maximum absolute atomic E-state index is 11.6. The molecule has 0 fully saturated rings. The molecule has 0 unspecified atom stereocenters. The van der Waals surface area contributed by atoms with E-state index >= 15 is 0 Å². The molecule has 19 heavy (non-hydrogen) atoms. The Bertz CT molecular complexity index is 495. The summed E-state index contributed by atoms with van der Waals surface area (Å²) < 4.78 is 4.61. The summed E-state index contributed by atoms with van der Waals surface area (Å²) in [7, 11) is 1.31. The third kappa shape index (κ3) is 4.83. The van der Waals surface area contributed by atoms with Gasteiger partial charge in [0.2, 0.25) is 0 Å². The second kappa shape index (κ2) is 7.20. The molecule has 0 spiro atoms. The highest BCUT2D eigenvalue weighted by Crippen LogP contribution is 2.11. The van der Waals surface area contributed by atoms with Crippen molar-refractivity contribution in [1.82, 2.24) is 5.32 Å². The van der Waals surface area contributed by atoms with Crippen LogP contribution in [0.15, 0.2) is 36.0 Å². The summed E-state index contributed by atoms with van der Waals surface area (Å²) in [5.74, 6) is -0.439. The van der Waals surface area contributed by atoms with Crippen molar-refractivity contribution in [2.24, 2.45) is 0 Å². The zero-order chi connectivity index (χ0) is 14.3. The molecule has 0 aromatic heterocycles. The van der Waals surface area contributed by atoms with Crippen LogP contribution in [0.25, 0.3) is 0 Å². The number of rotatable bonds is 4. The molecular formula is C14H18N2O3. The average Bonchev–Trinajstić information content (AvgIpc) is 2.44. The smallest absolute Gasteiger partial charge is 0.337 e. The van der Waals surface area contributed by atoms with Gasteiger partial charge in [0.05, 0.1) is 12.7 Å². The van der Waals surface area contributed by atoms with Crippen molar-refractivity contribution >= 4 is 17.7 Å². The lowest BCUT2D eigenvalue weighted by Gasteiger charge is -2.06. The number of benzene rings is 1. The van der Waals surface area contributed by atoms with Crippen LogP contribution in [-0.2, 0) is 4.74 Å². The van der Waals surface area contributed by atoms with Crippen LogP contribution in [0.4, 0.5) is 10.5 Å². The van der Waals surface area contributed by atoms with Gasteiger partial charge in [-0.15, -0.1) is 0 Å². The fourth-order valence-electron chi connectivity index (χ4n) is 1.30. The Morgan fingerprint density at radius 2 is 2.11 bits per heavy atom. The molecule has 1 rings (SSSR count). The lowest BCUT2D eigenvalue weighted by Crippen LogP contribution is -2.24. The normalized spacial score (nSPS) is 10.8. The minimum absolute atomic E-state index is 0.352. The number of allylic oxidation sites excluding steroid dienone is 1. The molecule has 2 amide bonds. The molecule has 0 aliphatic rings. The number of carbonyl (C=O) groups excluding carboxylic acids is 2. The van der Waals surface area contributed by atoms with E-state index in [0.717, 1.165) is 12.0 Å². The number of anilines is 1. The van der Waals surface area contributed by atoms with Gasteiger partial charge in [-0.2, -0.15) is 0 Å². The Labute approximate surface area is 112 Å². The number of carbonyl (C=O) groups is 2.